The zero-order valence-electron chi connectivity index (χ0n) is 15.3. The third-order valence-electron chi connectivity index (χ3n) is 6.34. The number of piperidine rings is 1. The maximum atomic E-state index is 9.49. The van der Waals surface area contributed by atoms with Crippen LogP contribution in [0.5, 0.6) is 0 Å². The van der Waals surface area contributed by atoms with Gasteiger partial charge in [-0.2, -0.15) is 0 Å². The van der Waals surface area contributed by atoms with E-state index in [1.54, 1.807) is 0 Å². The van der Waals surface area contributed by atoms with E-state index in [0.717, 1.165) is 37.8 Å². The Bertz CT molecular complexity index is 417. The minimum atomic E-state index is 0.176. The summed E-state index contributed by atoms with van der Waals surface area (Å²) >= 11 is 0.945. The molecule has 24 heavy (non-hydrogen) atoms. The fourth-order valence-electron chi connectivity index (χ4n) is 5.05. The van der Waals surface area contributed by atoms with Gasteiger partial charge in [0.25, 0.3) is 0 Å². The zero-order valence-corrected chi connectivity index (χ0v) is 16.1. The van der Waals surface area contributed by atoms with Crippen LogP contribution < -0.4 is 10.6 Å². The highest BCUT2D eigenvalue weighted by Crippen LogP contribution is 2.34. The summed E-state index contributed by atoms with van der Waals surface area (Å²) in [4.78, 5) is 2.51. The Hall–Kier alpha value is 0.110. The highest BCUT2D eigenvalue weighted by molar-refractivity contribution is 7.93. The van der Waals surface area contributed by atoms with Crippen LogP contribution in [0, 0.1) is 11.8 Å². The lowest BCUT2D eigenvalue weighted by Gasteiger charge is -2.49. The van der Waals surface area contributed by atoms with Crippen molar-refractivity contribution in [2.45, 2.75) is 69.7 Å². The van der Waals surface area contributed by atoms with Gasteiger partial charge in [0.15, 0.2) is 0 Å². The molecule has 0 aromatic heterocycles. The summed E-state index contributed by atoms with van der Waals surface area (Å²) in [5.41, 5.74) is 0. The number of fused-ring (bicyclic) bond motifs is 1. The average Bonchev–Trinajstić information content (AvgIpc) is 3.00. The standard InChI is InChI=1S/C17H33N3O3S/c1-10-8-20(15(9-24-21)11(2)16(10)23-4)17-18-13-6-5-12(22-3)7-14(13)19-17/h10-19,21H,5-9H2,1-4H3/t10?,11?,12?,13?,14?,15-,16-,17-/m1/s1. The van der Waals surface area contributed by atoms with Crippen molar-refractivity contribution < 1.29 is 14.0 Å². The lowest BCUT2D eigenvalue weighted by atomic mass is 9.82. The molecule has 2 aliphatic heterocycles. The Morgan fingerprint density at radius 3 is 2.54 bits per heavy atom. The third-order valence-corrected chi connectivity index (χ3v) is 6.83. The van der Waals surface area contributed by atoms with Gasteiger partial charge in [0, 0.05) is 44.6 Å². The molecule has 2 saturated heterocycles. The molecule has 0 amide bonds. The quantitative estimate of drug-likeness (QED) is 0.644. The zero-order chi connectivity index (χ0) is 17.3. The molecule has 140 valence electrons. The molecule has 0 bridgehead atoms. The van der Waals surface area contributed by atoms with Crippen molar-refractivity contribution in [2.24, 2.45) is 11.8 Å². The molecule has 6 nitrogen and oxygen atoms in total. The second kappa shape index (κ2) is 8.20. The highest BCUT2D eigenvalue weighted by Gasteiger charge is 2.46. The average molecular weight is 360 g/mol. The Labute approximate surface area is 150 Å². The first-order valence-corrected chi connectivity index (χ1v) is 10.1. The second-order valence-corrected chi connectivity index (χ2v) is 8.31. The van der Waals surface area contributed by atoms with Crippen LogP contribution in [-0.2, 0) is 9.47 Å². The predicted octanol–water partition coefficient (Wildman–Crippen LogP) is 1.58. The smallest absolute Gasteiger partial charge is 0.115 e. The van der Waals surface area contributed by atoms with Crippen LogP contribution in [0.25, 0.3) is 0 Å². The van der Waals surface area contributed by atoms with Gasteiger partial charge >= 0.3 is 0 Å². The lowest BCUT2D eigenvalue weighted by Crippen LogP contribution is -2.63. The monoisotopic (exact) mass is 359 g/mol. The van der Waals surface area contributed by atoms with Gasteiger partial charge < -0.3 is 14.0 Å². The molecule has 8 atom stereocenters. The minimum Gasteiger partial charge on any atom is -0.381 e. The molecule has 2 heterocycles. The normalized spacial score (nSPS) is 46.9. The summed E-state index contributed by atoms with van der Waals surface area (Å²) in [6, 6.07) is 1.29. The van der Waals surface area contributed by atoms with Crippen molar-refractivity contribution in [3.05, 3.63) is 0 Å². The molecule has 1 saturated carbocycles. The van der Waals surface area contributed by atoms with Crippen LogP contribution in [-0.4, -0.2) is 72.6 Å². The molecule has 0 aromatic rings. The molecular weight excluding hydrogens is 326 g/mol. The summed E-state index contributed by atoms with van der Waals surface area (Å²) in [5, 5.41) is 7.59. The maximum Gasteiger partial charge on any atom is 0.115 e. The van der Waals surface area contributed by atoms with Gasteiger partial charge in [0.1, 0.15) is 6.29 Å². The van der Waals surface area contributed by atoms with E-state index in [2.05, 4.69) is 29.4 Å². The second-order valence-electron chi connectivity index (χ2n) is 7.72. The van der Waals surface area contributed by atoms with Crippen LogP contribution in [0.1, 0.15) is 33.1 Å². The van der Waals surface area contributed by atoms with Crippen LogP contribution in [0.2, 0.25) is 0 Å². The van der Waals surface area contributed by atoms with Crippen molar-refractivity contribution in [1.82, 2.24) is 15.5 Å². The topological polar surface area (TPSA) is 66.0 Å². The summed E-state index contributed by atoms with van der Waals surface area (Å²) in [7, 11) is 3.63. The van der Waals surface area contributed by atoms with Crippen LogP contribution >= 0.6 is 12.0 Å². The first-order chi connectivity index (χ1) is 11.6. The van der Waals surface area contributed by atoms with Gasteiger partial charge in [0.2, 0.25) is 0 Å². The molecule has 0 radical (unpaired) electrons. The first kappa shape index (κ1) is 18.9. The number of likely N-dealkylation sites (tertiary alicyclic amines) is 1. The van der Waals surface area contributed by atoms with E-state index in [1.165, 1.54) is 0 Å². The van der Waals surface area contributed by atoms with Crippen molar-refractivity contribution >= 4 is 12.0 Å². The summed E-state index contributed by atoms with van der Waals surface area (Å²) in [5.74, 6) is 1.57. The van der Waals surface area contributed by atoms with Crippen molar-refractivity contribution in [3.8, 4) is 0 Å². The van der Waals surface area contributed by atoms with Crippen LogP contribution in [0.4, 0.5) is 0 Å². The Morgan fingerprint density at radius 1 is 1.12 bits per heavy atom. The SMILES string of the molecule is COC1CCC2N[C@@H](N3CC(C)[C@@H](OC)C(C)[C@H]3CSO)NC2C1. The fourth-order valence-corrected chi connectivity index (χ4v) is 5.70. The van der Waals surface area contributed by atoms with Crippen LogP contribution in [0.3, 0.4) is 0 Å². The predicted molar refractivity (Wildman–Crippen MR) is 97.0 cm³/mol. The maximum absolute atomic E-state index is 9.49. The van der Waals surface area contributed by atoms with E-state index in [1.807, 2.05) is 14.2 Å². The van der Waals surface area contributed by atoms with E-state index in [-0.39, 0.29) is 12.4 Å². The molecule has 3 fully saturated rings. The van der Waals surface area contributed by atoms with Crippen molar-refractivity contribution in [2.75, 3.05) is 26.5 Å². The Morgan fingerprint density at radius 2 is 1.88 bits per heavy atom. The Kier molecular flexibility index (Phi) is 6.46. The summed E-state index contributed by atoms with van der Waals surface area (Å²) in [6.45, 7) is 5.50. The van der Waals surface area contributed by atoms with Gasteiger partial charge in [-0.25, -0.2) is 0 Å². The molecule has 7 heteroatoms. The van der Waals surface area contributed by atoms with E-state index >= 15 is 0 Å². The number of nitrogens with one attached hydrogen (secondary N) is 2. The van der Waals surface area contributed by atoms with Crippen LogP contribution in [0.15, 0.2) is 0 Å². The number of hydrogen-bond donors (Lipinski definition) is 3. The fraction of sp³-hybridized carbons (Fsp3) is 1.00. The van der Waals surface area contributed by atoms with Crippen molar-refractivity contribution in [3.63, 3.8) is 0 Å². The third kappa shape index (κ3) is 3.63. The number of nitrogens with zero attached hydrogens (tertiary/aromatic N) is 1. The number of ether oxygens (including phenoxy) is 2. The lowest BCUT2D eigenvalue weighted by molar-refractivity contribution is -0.0811. The molecular formula is C17H33N3O3S. The van der Waals surface area contributed by atoms with E-state index < -0.39 is 0 Å². The summed E-state index contributed by atoms with van der Waals surface area (Å²) in [6.07, 6.45) is 4.17. The van der Waals surface area contributed by atoms with E-state index in [0.29, 0.717) is 41.8 Å². The number of rotatable bonds is 5. The number of methoxy groups -OCH3 is 2. The van der Waals surface area contributed by atoms with Gasteiger partial charge in [-0.3, -0.25) is 15.5 Å². The van der Waals surface area contributed by atoms with Gasteiger partial charge in [-0.15, -0.1) is 0 Å². The molecule has 3 N–H and O–H groups in total. The number of hydrogen-bond acceptors (Lipinski definition) is 7. The molecule has 0 spiro atoms. The summed E-state index contributed by atoms with van der Waals surface area (Å²) < 4.78 is 20.8. The Balaban J connectivity index is 1.70. The largest absolute Gasteiger partial charge is 0.381 e. The molecule has 3 rings (SSSR count). The van der Waals surface area contributed by atoms with Gasteiger partial charge in [-0.1, -0.05) is 13.8 Å². The van der Waals surface area contributed by atoms with E-state index in [4.69, 9.17) is 9.47 Å². The molecule has 3 aliphatic rings. The molecule has 0 aromatic carbocycles. The first-order valence-electron chi connectivity index (χ1n) is 9.18. The van der Waals surface area contributed by atoms with Gasteiger partial charge in [0.05, 0.1) is 12.2 Å². The van der Waals surface area contributed by atoms with Gasteiger partial charge in [-0.05, 0) is 43.1 Å². The molecule has 5 unspecified atom stereocenters. The highest BCUT2D eigenvalue weighted by atomic mass is 32.2. The van der Waals surface area contributed by atoms with Crippen molar-refractivity contribution in [1.29, 1.82) is 0 Å². The van der Waals surface area contributed by atoms with E-state index in [9.17, 15) is 4.55 Å². The minimum absolute atomic E-state index is 0.176. The molecule has 1 aliphatic carbocycles.